The average molecular weight is 338 g/mol. The molecule has 0 bridgehead atoms. The molecular formula is C13H12BrN3O3. The monoisotopic (exact) mass is 337 g/mol. The van der Waals surface area contributed by atoms with Crippen LogP contribution in [-0.2, 0) is 6.54 Å². The highest BCUT2D eigenvalue weighted by Gasteiger charge is 2.16. The summed E-state index contributed by atoms with van der Waals surface area (Å²) >= 11 is 3.27. The topological polar surface area (TPSA) is 84.2 Å². The first-order valence-corrected chi connectivity index (χ1v) is 6.68. The molecule has 2 aromatic rings. The second-order valence-electron chi connectivity index (χ2n) is 4.00. The number of rotatable bonds is 4. The van der Waals surface area contributed by atoms with Crippen molar-refractivity contribution in [3.8, 4) is 0 Å². The molecule has 0 fully saturated rings. The quantitative estimate of drug-likeness (QED) is 0.898. The lowest BCUT2D eigenvalue weighted by molar-refractivity contribution is 0.0696. The third-order valence-electron chi connectivity index (χ3n) is 2.68. The number of carbonyl (C=O) groups excluding carboxylic acids is 1. The highest BCUT2D eigenvalue weighted by Crippen LogP contribution is 2.18. The Bertz CT molecular complexity index is 667. The fraction of sp³-hybridized carbons (Fsp3) is 0.154. The number of nitrogens with one attached hydrogen (secondary N) is 1. The number of carboxylic acids is 1. The lowest BCUT2D eigenvalue weighted by atomic mass is 10.2. The molecule has 0 atom stereocenters. The number of anilines is 1. The Morgan fingerprint density at radius 1 is 1.45 bits per heavy atom. The lowest BCUT2D eigenvalue weighted by Gasteiger charge is -2.08. The van der Waals surface area contributed by atoms with Crippen molar-refractivity contribution in [3.05, 3.63) is 46.2 Å². The summed E-state index contributed by atoms with van der Waals surface area (Å²) in [7, 11) is 0. The molecule has 2 rings (SSSR count). The number of aryl methyl sites for hydroxylation is 1. The summed E-state index contributed by atoms with van der Waals surface area (Å²) < 4.78 is 2.15. The van der Waals surface area contributed by atoms with E-state index in [-0.39, 0.29) is 11.5 Å². The number of carbonyl (C=O) groups is 2. The Kier molecular flexibility index (Phi) is 4.19. The van der Waals surface area contributed by atoms with Crippen LogP contribution >= 0.6 is 15.9 Å². The zero-order valence-corrected chi connectivity index (χ0v) is 12.2. The Morgan fingerprint density at radius 2 is 2.20 bits per heavy atom. The van der Waals surface area contributed by atoms with Gasteiger partial charge in [0.25, 0.3) is 5.91 Å². The summed E-state index contributed by atoms with van der Waals surface area (Å²) in [6.07, 6.45) is 1.55. The van der Waals surface area contributed by atoms with E-state index in [1.807, 2.05) is 6.92 Å². The first kappa shape index (κ1) is 14.3. The van der Waals surface area contributed by atoms with E-state index < -0.39 is 5.97 Å². The number of halogens is 1. The van der Waals surface area contributed by atoms with Gasteiger partial charge >= 0.3 is 5.97 Å². The van der Waals surface area contributed by atoms with Gasteiger partial charge in [-0.2, -0.15) is 5.10 Å². The standard InChI is InChI=1S/C13H12BrN3O3/c1-2-17-11(10(14)7-15-17)12(18)16-9-5-3-4-8(6-9)13(19)20/h3-7H,2H2,1H3,(H,16,18)(H,19,20). The summed E-state index contributed by atoms with van der Waals surface area (Å²) in [5, 5.41) is 15.6. The second-order valence-corrected chi connectivity index (χ2v) is 4.85. The van der Waals surface area contributed by atoms with Gasteiger partial charge in [-0.1, -0.05) is 6.07 Å². The molecule has 0 saturated carbocycles. The van der Waals surface area contributed by atoms with E-state index >= 15 is 0 Å². The van der Waals surface area contributed by atoms with Gasteiger partial charge in [0.1, 0.15) is 5.69 Å². The van der Waals surface area contributed by atoms with Gasteiger partial charge in [-0.15, -0.1) is 0 Å². The Balaban J connectivity index is 2.25. The number of aromatic carboxylic acids is 1. The van der Waals surface area contributed by atoms with Crippen molar-refractivity contribution < 1.29 is 14.7 Å². The zero-order chi connectivity index (χ0) is 14.7. The molecule has 0 spiro atoms. The molecule has 1 amide bonds. The first-order valence-electron chi connectivity index (χ1n) is 5.89. The molecule has 0 aliphatic carbocycles. The van der Waals surface area contributed by atoms with Crippen LogP contribution in [0.5, 0.6) is 0 Å². The Hall–Kier alpha value is -2.15. The fourth-order valence-corrected chi connectivity index (χ4v) is 2.22. The summed E-state index contributed by atoms with van der Waals surface area (Å²) in [6.45, 7) is 2.44. The molecule has 104 valence electrons. The third-order valence-corrected chi connectivity index (χ3v) is 3.26. The van der Waals surface area contributed by atoms with E-state index in [2.05, 4.69) is 26.3 Å². The molecule has 0 radical (unpaired) electrons. The molecule has 1 aromatic heterocycles. The zero-order valence-electron chi connectivity index (χ0n) is 10.6. The molecule has 0 saturated heterocycles. The highest BCUT2D eigenvalue weighted by molar-refractivity contribution is 9.10. The smallest absolute Gasteiger partial charge is 0.335 e. The summed E-state index contributed by atoms with van der Waals surface area (Å²) in [5.74, 6) is -1.39. The maximum atomic E-state index is 12.2. The Morgan fingerprint density at radius 3 is 2.85 bits per heavy atom. The minimum atomic E-state index is -1.04. The Labute approximate surface area is 123 Å². The van der Waals surface area contributed by atoms with Gasteiger partial charge in [0.15, 0.2) is 0 Å². The molecule has 20 heavy (non-hydrogen) atoms. The highest BCUT2D eigenvalue weighted by atomic mass is 79.9. The predicted octanol–water partition coefficient (Wildman–Crippen LogP) is 2.62. The van der Waals surface area contributed by atoms with Crippen molar-refractivity contribution in [2.45, 2.75) is 13.5 Å². The normalized spacial score (nSPS) is 10.3. The minimum Gasteiger partial charge on any atom is -0.478 e. The minimum absolute atomic E-state index is 0.117. The van der Waals surface area contributed by atoms with E-state index in [1.165, 1.54) is 12.1 Å². The maximum absolute atomic E-state index is 12.2. The summed E-state index contributed by atoms with van der Waals surface area (Å²) in [6, 6.07) is 6.07. The molecule has 1 heterocycles. The second kappa shape index (κ2) is 5.87. The van der Waals surface area contributed by atoms with Gasteiger partial charge in [-0.05, 0) is 41.1 Å². The van der Waals surface area contributed by atoms with Crippen LogP contribution in [0.3, 0.4) is 0 Å². The van der Waals surface area contributed by atoms with Crippen LogP contribution in [0.25, 0.3) is 0 Å². The van der Waals surface area contributed by atoms with Crippen LogP contribution in [0.1, 0.15) is 27.8 Å². The average Bonchev–Trinajstić information content (AvgIpc) is 2.80. The first-order chi connectivity index (χ1) is 9.52. The number of hydrogen-bond donors (Lipinski definition) is 2. The number of aromatic nitrogens is 2. The van der Waals surface area contributed by atoms with Gasteiger partial charge in [0, 0.05) is 12.2 Å². The molecule has 1 aromatic carbocycles. The molecule has 0 aliphatic heterocycles. The van der Waals surface area contributed by atoms with Crippen molar-refractivity contribution in [1.82, 2.24) is 9.78 Å². The van der Waals surface area contributed by atoms with Gasteiger partial charge in [-0.3, -0.25) is 9.48 Å². The summed E-state index contributed by atoms with van der Waals surface area (Å²) in [4.78, 5) is 23.1. The van der Waals surface area contributed by atoms with Crippen molar-refractivity contribution in [3.63, 3.8) is 0 Å². The fourth-order valence-electron chi connectivity index (χ4n) is 1.75. The molecule has 7 heteroatoms. The number of amides is 1. The van der Waals surface area contributed by atoms with Crippen LogP contribution in [0.15, 0.2) is 34.9 Å². The largest absolute Gasteiger partial charge is 0.478 e. The number of benzene rings is 1. The van der Waals surface area contributed by atoms with E-state index in [0.717, 1.165) is 0 Å². The molecule has 6 nitrogen and oxygen atoms in total. The van der Waals surface area contributed by atoms with Gasteiger partial charge in [0.05, 0.1) is 16.2 Å². The van der Waals surface area contributed by atoms with Crippen LogP contribution in [0.4, 0.5) is 5.69 Å². The molecule has 0 aliphatic rings. The number of carboxylic acid groups (broad SMARTS) is 1. The molecule has 2 N–H and O–H groups in total. The number of hydrogen-bond acceptors (Lipinski definition) is 3. The summed E-state index contributed by atoms with van der Waals surface area (Å²) in [5.41, 5.74) is 0.935. The van der Waals surface area contributed by atoms with Crippen molar-refractivity contribution in [2.24, 2.45) is 0 Å². The molecular weight excluding hydrogens is 326 g/mol. The van der Waals surface area contributed by atoms with Crippen molar-refractivity contribution in [2.75, 3.05) is 5.32 Å². The van der Waals surface area contributed by atoms with Crippen LogP contribution in [-0.4, -0.2) is 26.8 Å². The van der Waals surface area contributed by atoms with E-state index in [1.54, 1.807) is 23.0 Å². The third kappa shape index (κ3) is 2.88. The van der Waals surface area contributed by atoms with E-state index in [0.29, 0.717) is 22.4 Å². The van der Waals surface area contributed by atoms with Gasteiger partial charge < -0.3 is 10.4 Å². The van der Waals surface area contributed by atoms with Crippen molar-refractivity contribution >= 4 is 33.5 Å². The predicted molar refractivity (Wildman–Crippen MR) is 77.0 cm³/mol. The maximum Gasteiger partial charge on any atom is 0.335 e. The van der Waals surface area contributed by atoms with Crippen LogP contribution < -0.4 is 5.32 Å². The van der Waals surface area contributed by atoms with E-state index in [4.69, 9.17) is 5.11 Å². The van der Waals surface area contributed by atoms with Crippen LogP contribution in [0, 0.1) is 0 Å². The lowest BCUT2D eigenvalue weighted by Crippen LogP contribution is -2.18. The number of nitrogens with zero attached hydrogens (tertiary/aromatic N) is 2. The molecule has 0 unspecified atom stereocenters. The van der Waals surface area contributed by atoms with Gasteiger partial charge in [0.2, 0.25) is 0 Å². The van der Waals surface area contributed by atoms with Crippen LogP contribution in [0.2, 0.25) is 0 Å². The van der Waals surface area contributed by atoms with E-state index in [9.17, 15) is 9.59 Å². The SMILES string of the molecule is CCn1ncc(Br)c1C(=O)Nc1cccc(C(=O)O)c1. The van der Waals surface area contributed by atoms with Crippen molar-refractivity contribution in [1.29, 1.82) is 0 Å². The van der Waals surface area contributed by atoms with Gasteiger partial charge in [-0.25, -0.2) is 4.79 Å².